The van der Waals surface area contributed by atoms with Crippen LogP contribution in [-0.4, -0.2) is 11.4 Å². The lowest BCUT2D eigenvalue weighted by molar-refractivity contribution is 0.389. The van der Waals surface area contributed by atoms with Gasteiger partial charge < -0.3 is 11.1 Å². The molecule has 0 saturated carbocycles. The van der Waals surface area contributed by atoms with Crippen LogP contribution >= 0.6 is 0 Å². The first-order valence-electron chi connectivity index (χ1n) is 3.08. The van der Waals surface area contributed by atoms with E-state index in [9.17, 15) is 0 Å². The van der Waals surface area contributed by atoms with Crippen molar-refractivity contribution in [1.82, 2.24) is 0 Å². The zero-order chi connectivity index (χ0) is 8.27. The number of nitrogens with one attached hydrogen (secondary N) is 2. The van der Waals surface area contributed by atoms with Gasteiger partial charge in [-0.3, -0.25) is 10.7 Å². The van der Waals surface area contributed by atoms with Gasteiger partial charge in [-0.2, -0.15) is 0 Å². The van der Waals surface area contributed by atoms with Gasteiger partial charge in [0.15, 0.2) is 0 Å². The van der Waals surface area contributed by atoms with E-state index in [-0.39, 0.29) is 0 Å². The molecular formula is C7H9N3O. The topological polar surface area (TPSA) is 82.1 Å². The summed E-state index contributed by atoms with van der Waals surface area (Å²) in [4.78, 5) is 0. The third-order valence-corrected chi connectivity index (χ3v) is 1.37. The van der Waals surface area contributed by atoms with Crippen LogP contribution in [0.5, 0.6) is 0 Å². The maximum atomic E-state index is 8.48. The molecule has 0 aliphatic carbocycles. The summed E-state index contributed by atoms with van der Waals surface area (Å²) in [5, 5.41) is 15.4. The van der Waals surface area contributed by atoms with Crippen LogP contribution in [0.1, 0.15) is 5.56 Å². The van der Waals surface area contributed by atoms with Gasteiger partial charge in [-0.05, 0) is 18.2 Å². The number of anilines is 2. The number of benzene rings is 1. The van der Waals surface area contributed by atoms with Gasteiger partial charge in [0.25, 0.3) is 0 Å². The predicted octanol–water partition coefficient (Wildman–Crippen LogP) is 1.07. The van der Waals surface area contributed by atoms with E-state index in [1.807, 2.05) is 5.48 Å². The van der Waals surface area contributed by atoms with Gasteiger partial charge >= 0.3 is 0 Å². The fourth-order valence-corrected chi connectivity index (χ4v) is 0.769. The Morgan fingerprint density at radius 2 is 2.27 bits per heavy atom. The van der Waals surface area contributed by atoms with Gasteiger partial charge in [-0.25, -0.2) is 0 Å². The normalized spacial score (nSPS) is 9.18. The Hall–Kier alpha value is -1.55. The quantitative estimate of drug-likeness (QED) is 0.290. The van der Waals surface area contributed by atoms with E-state index in [2.05, 4.69) is 0 Å². The van der Waals surface area contributed by atoms with Crippen molar-refractivity contribution < 1.29 is 5.21 Å². The molecule has 0 fully saturated rings. The molecule has 0 aliphatic heterocycles. The number of nitrogen functional groups attached to an aromatic ring is 1. The van der Waals surface area contributed by atoms with Crippen molar-refractivity contribution in [3.63, 3.8) is 0 Å². The van der Waals surface area contributed by atoms with Gasteiger partial charge in [-0.15, -0.1) is 0 Å². The highest BCUT2D eigenvalue weighted by Crippen LogP contribution is 2.14. The minimum absolute atomic E-state index is 0.526. The molecule has 1 rings (SSSR count). The van der Waals surface area contributed by atoms with Crippen molar-refractivity contribution in [3.05, 3.63) is 23.8 Å². The van der Waals surface area contributed by atoms with E-state index in [0.717, 1.165) is 6.21 Å². The van der Waals surface area contributed by atoms with Crippen molar-refractivity contribution in [1.29, 1.82) is 5.41 Å². The zero-order valence-electron chi connectivity index (χ0n) is 5.83. The van der Waals surface area contributed by atoms with Gasteiger partial charge in [0.2, 0.25) is 0 Å². The predicted molar refractivity (Wildman–Crippen MR) is 44.1 cm³/mol. The Morgan fingerprint density at radius 3 is 2.82 bits per heavy atom. The lowest BCUT2D eigenvalue weighted by Crippen LogP contribution is -1.95. The summed E-state index contributed by atoms with van der Waals surface area (Å²) in [5.41, 5.74) is 9.10. The van der Waals surface area contributed by atoms with Crippen LogP contribution in [0.4, 0.5) is 11.4 Å². The second kappa shape index (κ2) is 3.03. The van der Waals surface area contributed by atoms with Crippen LogP contribution in [0.3, 0.4) is 0 Å². The first-order chi connectivity index (χ1) is 5.27. The first-order valence-corrected chi connectivity index (χ1v) is 3.08. The molecule has 4 nitrogen and oxygen atoms in total. The van der Waals surface area contributed by atoms with Crippen molar-refractivity contribution in [2.24, 2.45) is 0 Å². The Bertz CT molecular complexity index is 272. The average molecular weight is 151 g/mol. The maximum absolute atomic E-state index is 8.48. The van der Waals surface area contributed by atoms with Gasteiger partial charge in [-0.1, -0.05) is 0 Å². The Morgan fingerprint density at radius 1 is 1.55 bits per heavy atom. The van der Waals surface area contributed by atoms with Crippen molar-refractivity contribution >= 4 is 17.6 Å². The van der Waals surface area contributed by atoms with Crippen LogP contribution in [0.25, 0.3) is 0 Å². The zero-order valence-corrected chi connectivity index (χ0v) is 5.83. The minimum atomic E-state index is 0.526. The largest absolute Gasteiger partial charge is 0.398 e. The average Bonchev–Trinajstić information content (AvgIpc) is 2.05. The van der Waals surface area contributed by atoms with Crippen molar-refractivity contribution in [2.45, 2.75) is 0 Å². The van der Waals surface area contributed by atoms with E-state index in [0.29, 0.717) is 16.9 Å². The van der Waals surface area contributed by atoms with Crippen LogP contribution in [-0.2, 0) is 0 Å². The Kier molecular flexibility index (Phi) is 2.08. The summed E-state index contributed by atoms with van der Waals surface area (Å²) in [7, 11) is 0. The Balaban J connectivity index is 3.12. The summed E-state index contributed by atoms with van der Waals surface area (Å²) >= 11 is 0. The third kappa shape index (κ3) is 1.47. The van der Waals surface area contributed by atoms with Gasteiger partial charge in [0.05, 0.1) is 5.69 Å². The number of hydrogen-bond acceptors (Lipinski definition) is 4. The molecule has 0 bridgehead atoms. The van der Waals surface area contributed by atoms with E-state index in [4.69, 9.17) is 16.4 Å². The second-order valence-corrected chi connectivity index (χ2v) is 2.10. The third-order valence-electron chi connectivity index (χ3n) is 1.37. The highest BCUT2D eigenvalue weighted by atomic mass is 16.5. The second-order valence-electron chi connectivity index (χ2n) is 2.10. The highest BCUT2D eigenvalue weighted by Gasteiger charge is 1.95. The molecule has 5 N–H and O–H groups in total. The van der Waals surface area contributed by atoms with E-state index in [1.165, 1.54) is 0 Å². The summed E-state index contributed by atoms with van der Waals surface area (Å²) in [6.45, 7) is 0. The standard InChI is InChI=1S/C7H9N3O/c8-4-5-3-6(10-11)1-2-7(5)9/h1-4,8,10-11H,9H2. The van der Waals surface area contributed by atoms with Crippen LogP contribution < -0.4 is 11.2 Å². The SMILES string of the molecule is N=Cc1cc(NO)ccc1N. The molecule has 1 aromatic carbocycles. The van der Waals surface area contributed by atoms with Crippen LogP contribution in [0, 0.1) is 5.41 Å². The molecule has 0 unspecified atom stereocenters. The van der Waals surface area contributed by atoms with Gasteiger partial charge in [0, 0.05) is 17.5 Å². The number of nitrogens with two attached hydrogens (primary N) is 1. The summed E-state index contributed by atoms with van der Waals surface area (Å²) in [6, 6.07) is 4.84. The molecule has 0 heterocycles. The molecule has 0 spiro atoms. The van der Waals surface area contributed by atoms with E-state index >= 15 is 0 Å². The fourth-order valence-electron chi connectivity index (χ4n) is 0.769. The molecule has 1 aromatic rings. The molecular weight excluding hydrogens is 142 g/mol. The maximum Gasteiger partial charge on any atom is 0.0610 e. The summed E-state index contributed by atoms with van der Waals surface area (Å²) < 4.78 is 0. The lowest BCUT2D eigenvalue weighted by Gasteiger charge is -2.02. The number of rotatable bonds is 2. The van der Waals surface area contributed by atoms with Gasteiger partial charge in [0.1, 0.15) is 0 Å². The minimum Gasteiger partial charge on any atom is -0.398 e. The molecule has 0 aliphatic rings. The van der Waals surface area contributed by atoms with E-state index in [1.54, 1.807) is 18.2 Å². The van der Waals surface area contributed by atoms with Crippen molar-refractivity contribution in [3.8, 4) is 0 Å². The van der Waals surface area contributed by atoms with Crippen LogP contribution in [0.15, 0.2) is 18.2 Å². The summed E-state index contributed by atoms with van der Waals surface area (Å²) in [5.74, 6) is 0. The van der Waals surface area contributed by atoms with Crippen LogP contribution in [0.2, 0.25) is 0 Å². The Labute approximate surface area is 64.1 Å². The van der Waals surface area contributed by atoms with E-state index < -0.39 is 0 Å². The molecule has 0 saturated heterocycles. The molecule has 0 amide bonds. The summed E-state index contributed by atoms with van der Waals surface area (Å²) in [6.07, 6.45) is 1.14. The highest BCUT2D eigenvalue weighted by molar-refractivity contribution is 5.86. The molecule has 4 heteroatoms. The first kappa shape index (κ1) is 7.56. The van der Waals surface area contributed by atoms with Crippen molar-refractivity contribution in [2.75, 3.05) is 11.2 Å². The molecule has 58 valence electrons. The molecule has 0 aromatic heterocycles. The fraction of sp³-hybridized carbons (Fsp3) is 0. The lowest BCUT2D eigenvalue weighted by atomic mass is 10.2. The molecule has 0 atom stereocenters. The number of hydrogen-bond donors (Lipinski definition) is 4. The smallest absolute Gasteiger partial charge is 0.0610 e. The molecule has 0 radical (unpaired) electrons. The monoisotopic (exact) mass is 151 g/mol. The molecule has 11 heavy (non-hydrogen) atoms.